The number of hydrogen-bond acceptors (Lipinski definition) is 4. The van der Waals surface area contributed by atoms with E-state index in [0.29, 0.717) is 43.6 Å². The zero-order valence-corrected chi connectivity index (χ0v) is 19.1. The van der Waals surface area contributed by atoms with E-state index in [1.54, 1.807) is 29.6 Å². The zero-order chi connectivity index (χ0) is 22.1. The Balaban J connectivity index is 1.61. The van der Waals surface area contributed by atoms with Crippen molar-refractivity contribution in [3.8, 4) is 5.75 Å². The van der Waals surface area contributed by atoms with E-state index in [-0.39, 0.29) is 0 Å². The van der Waals surface area contributed by atoms with Crippen LogP contribution in [0.1, 0.15) is 37.3 Å². The van der Waals surface area contributed by atoms with E-state index in [2.05, 4.69) is 15.6 Å². The molecule has 0 atom stereocenters. The van der Waals surface area contributed by atoms with Crippen molar-refractivity contribution in [3.63, 3.8) is 0 Å². The Kier molecular flexibility index (Phi) is 8.31. The standard InChI is InChI=1S/C23H32N4O3S/c1-3-30-22-13-6-5-11-20(22)18-26-23(24-2)25-17-19-10-9-12-21(16-19)31(28,29)27-14-7-4-8-15-27/h5-6,9-13,16H,3-4,7-8,14-15,17-18H2,1-2H3,(H2,24,25,26). The highest BCUT2D eigenvalue weighted by atomic mass is 32.2. The quantitative estimate of drug-likeness (QED) is 0.483. The molecule has 1 heterocycles. The summed E-state index contributed by atoms with van der Waals surface area (Å²) in [5.74, 6) is 1.49. The number of sulfonamides is 1. The molecule has 1 aliphatic heterocycles. The van der Waals surface area contributed by atoms with Crippen molar-refractivity contribution in [3.05, 3.63) is 59.7 Å². The summed E-state index contributed by atoms with van der Waals surface area (Å²) in [6, 6.07) is 15.0. The number of hydrogen-bond donors (Lipinski definition) is 2. The summed E-state index contributed by atoms with van der Waals surface area (Å²) in [7, 11) is -1.73. The zero-order valence-electron chi connectivity index (χ0n) is 18.3. The number of guanidine groups is 1. The van der Waals surface area contributed by atoms with E-state index in [4.69, 9.17) is 4.74 Å². The van der Waals surface area contributed by atoms with Crippen molar-refractivity contribution in [1.29, 1.82) is 0 Å². The minimum absolute atomic E-state index is 0.349. The van der Waals surface area contributed by atoms with Gasteiger partial charge in [-0.1, -0.05) is 36.8 Å². The number of aliphatic imine (C=N–C) groups is 1. The average molecular weight is 445 g/mol. The third kappa shape index (κ3) is 6.21. The molecular formula is C23H32N4O3S. The summed E-state index contributed by atoms with van der Waals surface area (Å²) in [5, 5.41) is 6.54. The summed E-state index contributed by atoms with van der Waals surface area (Å²) in [5.41, 5.74) is 1.93. The van der Waals surface area contributed by atoms with Crippen LogP contribution in [0, 0.1) is 0 Å². The molecule has 7 nitrogen and oxygen atoms in total. The lowest BCUT2D eigenvalue weighted by Crippen LogP contribution is -2.37. The Morgan fingerprint density at radius 2 is 1.77 bits per heavy atom. The SMILES string of the molecule is CCOc1ccccc1CNC(=NC)NCc1cccc(S(=O)(=O)N2CCCCC2)c1. The first kappa shape index (κ1) is 23.1. The van der Waals surface area contributed by atoms with Crippen LogP contribution in [0.4, 0.5) is 0 Å². The van der Waals surface area contributed by atoms with Gasteiger partial charge in [0.25, 0.3) is 0 Å². The fraction of sp³-hybridized carbons (Fsp3) is 0.435. The summed E-state index contributed by atoms with van der Waals surface area (Å²) in [6.07, 6.45) is 2.95. The molecule has 2 N–H and O–H groups in total. The van der Waals surface area contributed by atoms with Crippen LogP contribution >= 0.6 is 0 Å². The second-order valence-corrected chi connectivity index (χ2v) is 9.37. The average Bonchev–Trinajstić information content (AvgIpc) is 2.81. The van der Waals surface area contributed by atoms with Crippen LogP contribution in [0.15, 0.2) is 58.4 Å². The molecule has 0 saturated carbocycles. The largest absolute Gasteiger partial charge is 0.494 e. The Hall–Kier alpha value is -2.58. The van der Waals surface area contributed by atoms with Crippen molar-refractivity contribution in [2.75, 3.05) is 26.7 Å². The van der Waals surface area contributed by atoms with E-state index in [1.807, 2.05) is 37.3 Å². The van der Waals surface area contributed by atoms with Crippen LogP contribution in [0.3, 0.4) is 0 Å². The maximum Gasteiger partial charge on any atom is 0.243 e. The maximum absolute atomic E-state index is 12.9. The minimum atomic E-state index is -3.44. The second-order valence-electron chi connectivity index (χ2n) is 7.43. The molecule has 31 heavy (non-hydrogen) atoms. The molecule has 1 saturated heterocycles. The molecule has 0 aliphatic carbocycles. The lowest BCUT2D eigenvalue weighted by atomic mass is 10.2. The molecule has 168 valence electrons. The molecule has 0 bridgehead atoms. The number of piperidine rings is 1. The van der Waals surface area contributed by atoms with Gasteiger partial charge in [0, 0.05) is 38.8 Å². The van der Waals surface area contributed by atoms with Gasteiger partial charge in [-0.25, -0.2) is 8.42 Å². The van der Waals surface area contributed by atoms with Gasteiger partial charge in [-0.05, 0) is 43.5 Å². The van der Waals surface area contributed by atoms with Crippen molar-refractivity contribution >= 4 is 16.0 Å². The summed E-state index contributed by atoms with van der Waals surface area (Å²) in [6.45, 7) is 4.81. The van der Waals surface area contributed by atoms with E-state index in [0.717, 1.165) is 36.1 Å². The normalized spacial score (nSPS) is 15.5. The first-order valence-corrected chi connectivity index (χ1v) is 12.2. The third-order valence-corrected chi connectivity index (χ3v) is 7.15. The Morgan fingerprint density at radius 3 is 2.52 bits per heavy atom. The van der Waals surface area contributed by atoms with Gasteiger partial charge in [-0.2, -0.15) is 4.31 Å². The van der Waals surface area contributed by atoms with Gasteiger partial charge in [-0.15, -0.1) is 0 Å². The lowest BCUT2D eigenvalue weighted by molar-refractivity contribution is 0.336. The van der Waals surface area contributed by atoms with Crippen molar-refractivity contribution < 1.29 is 13.2 Å². The number of benzene rings is 2. The summed E-state index contributed by atoms with van der Waals surface area (Å²) >= 11 is 0. The number of para-hydroxylation sites is 1. The Morgan fingerprint density at radius 1 is 1.03 bits per heavy atom. The van der Waals surface area contributed by atoms with Gasteiger partial charge in [0.15, 0.2) is 5.96 Å². The van der Waals surface area contributed by atoms with Crippen LogP contribution in [0.5, 0.6) is 5.75 Å². The molecular weight excluding hydrogens is 412 g/mol. The van der Waals surface area contributed by atoms with Crippen LogP contribution in [0.2, 0.25) is 0 Å². The van der Waals surface area contributed by atoms with E-state index in [1.165, 1.54) is 0 Å². The van der Waals surface area contributed by atoms with Gasteiger partial charge in [0.05, 0.1) is 11.5 Å². The molecule has 1 aliphatic rings. The Bertz CT molecular complexity index is 986. The highest BCUT2D eigenvalue weighted by Gasteiger charge is 2.25. The first-order chi connectivity index (χ1) is 15.0. The highest BCUT2D eigenvalue weighted by Crippen LogP contribution is 2.21. The molecule has 0 unspecified atom stereocenters. The number of nitrogens with zero attached hydrogens (tertiary/aromatic N) is 2. The maximum atomic E-state index is 12.9. The molecule has 0 amide bonds. The molecule has 0 radical (unpaired) electrons. The minimum Gasteiger partial charge on any atom is -0.494 e. The second kappa shape index (κ2) is 11.2. The Labute approximate surface area is 185 Å². The van der Waals surface area contributed by atoms with Crippen LogP contribution in [-0.2, 0) is 23.1 Å². The van der Waals surface area contributed by atoms with Gasteiger partial charge in [0.2, 0.25) is 10.0 Å². The van der Waals surface area contributed by atoms with E-state index < -0.39 is 10.0 Å². The fourth-order valence-corrected chi connectivity index (χ4v) is 5.19. The molecule has 1 fully saturated rings. The highest BCUT2D eigenvalue weighted by molar-refractivity contribution is 7.89. The molecule has 2 aromatic carbocycles. The first-order valence-electron chi connectivity index (χ1n) is 10.8. The molecule has 0 spiro atoms. The predicted molar refractivity (Wildman–Crippen MR) is 124 cm³/mol. The lowest BCUT2D eigenvalue weighted by Gasteiger charge is -2.26. The van der Waals surface area contributed by atoms with Crippen molar-refractivity contribution in [2.24, 2.45) is 4.99 Å². The third-order valence-electron chi connectivity index (χ3n) is 5.25. The smallest absolute Gasteiger partial charge is 0.243 e. The van der Waals surface area contributed by atoms with E-state index in [9.17, 15) is 8.42 Å². The molecule has 0 aromatic heterocycles. The van der Waals surface area contributed by atoms with Crippen molar-refractivity contribution in [1.82, 2.24) is 14.9 Å². The van der Waals surface area contributed by atoms with Gasteiger partial charge in [-0.3, -0.25) is 4.99 Å². The monoisotopic (exact) mass is 444 g/mol. The summed E-state index contributed by atoms with van der Waals surface area (Å²) < 4.78 is 33.1. The summed E-state index contributed by atoms with van der Waals surface area (Å²) in [4.78, 5) is 4.61. The topological polar surface area (TPSA) is 83.0 Å². The van der Waals surface area contributed by atoms with Crippen LogP contribution in [0.25, 0.3) is 0 Å². The predicted octanol–water partition coefficient (Wildman–Crippen LogP) is 3.13. The fourth-order valence-electron chi connectivity index (χ4n) is 3.60. The number of rotatable bonds is 8. The van der Waals surface area contributed by atoms with E-state index >= 15 is 0 Å². The van der Waals surface area contributed by atoms with Crippen LogP contribution < -0.4 is 15.4 Å². The van der Waals surface area contributed by atoms with Crippen LogP contribution in [-0.4, -0.2) is 45.4 Å². The number of ether oxygens (including phenoxy) is 1. The van der Waals surface area contributed by atoms with Crippen molar-refractivity contribution in [2.45, 2.75) is 44.2 Å². The molecule has 8 heteroatoms. The molecule has 3 rings (SSSR count). The number of nitrogens with one attached hydrogen (secondary N) is 2. The molecule has 2 aromatic rings. The van der Waals surface area contributed by atoms with Gasteiger partial charge < -0.3 is 15.4 Å². The van der Waals surface area contributed by atoms with Gasteiger partial charge in [0.1, 0.15) is 5.75 Å². The van der Waals surface area contributed by atoms with Gasteiger partial charge >= 0.3 is 0 Å².